The standard InChI is InChI=1S/C28H27Cl2NO6/c1-33-23-11-9-18(13-26(23)35-3)28(32)37-25(14-20-21(29)15-31-16-22(20)30)17-8-10-24(34-2)27(12-17)36-19-6-4-5-7-19/h8-16,19H,4-7H2,1-3H3/b25-14-. The van der Waals surface area contributed by atoms with Gasteiger partial charge in [0.2, 0.25) is 0 Å². The molecule has 1 aromatic heterocycles. The van der Waals surface area contributed by atoms with E-state index in [0.717, 1.165) is 25.7 Å². The molecule has 0 radical (unpaired) electrons. The van der Waals surface area contributed by atoms with E-state index in [0.29, 0.717) is 44.2 Å². The highest BCUT2D eigenvalue weighted by Gasteiger charge is 2.21. The number of halogens is 2. The zero-order chi connectivity index (χ0) is 26.4. The fourth-order valence-corrected chi connectivity index (χ4v) is 4.57. The van der Waals surface area contributed by atoms with E-state index in [9.17, 15) is 4.79 Å². The van der Waals surface area contributed by atoms with Gasteiger partial charge in [0.05, 0.1) is 43.0 Å². The van der Waals surface area contributed by atoms with Crippen molar-refractivity contribution in [3.8, 4) is 23.0 Å². The summed E-state index contributed by atoms with van der Waals surface area (Å²) < 4.78 is 28.3. The monoisotopic (exact) mass is 543 g/mol. The van der Waals surface area contributed by atoms with Crippen LogP contribution in [0.25, 0.3) is 11.8 Å². The molecule has 0 N–H and O–H groups in total. The topological polar surface area (TPSA) is 76.1 Å². The van der Waals surface area contributed by atoms with Gasteiger partial charge in [-0.3, -0.25) is 4.98 Å². The summed E-state index contributed by atoms with van der Waals surface area (Å²) in [5.41, 5.74) is 1.31. The number of methoxy groups -OCH3 is 3. The molecule has 7 nitrogen and oxygen atoms in total. The number of benzene rings is 2. The fraction of sp³-hybridized carbons (Fsp3) is 0.286. The van der Waals surface area contributed by atoms with Crippen molar-refractivity contribution in [2.24, 2.45) is 0 Å². The SMILES string of the molecule is COc1ccc(C(=O)O/C(=C\c2c(Cl)cncc2Cl)c2ccc(OC)c(OC3CCCC3)c2)cc1OC. The van der Waals surface area contributed by atoms with E-state index in [1.54, 1.807) is 49.6 Å². The van der Waals surface area contributed by atoms with Gasteiger partial charge >= 0.3 is 5.97 Å². The fourth-order valence-electron chi connectivity index (χ4n) is 4.09. The number of hydrogen-bond acceptors (Lipinski definition) is 7. The first-order valence-corrected chi connectivity index (χ1v) is 12.5. The van der Waals surface area contributed by atoms with Crippen molar-refractivity contribution in [1.29, 1.82) is 0 Å². The maximum atomic E-state index is 13.2. The summed E-state index contributed by atoms with van der Waals surface area (Å²) in [6.07, 6.45) is 8.85. The first-order valence-electron chi connectivity index (χ1n) is 11.7. The van der Waals surface area contributed by atoms with Crippen molar-refractivity contribution in [2.45, 2.75) is 31.8 Å². The molecule has 194 valence electrons. The van der Waals surface area contributed by atoms with Gasteiger partial charge < -0.3 is 23.7 Å². The second kappa shape index (κ2) is 12.2. The Balaban J connectivity index is 1.75. The van der Waals surface area contributed by atoms with E-state index in [1.807, 2.05) is 0 Å². The molecule has 2 aromatic carbocycles. The third kappa shape index (κ3) is 6.29. The van der Waals surface area contributed by atoms with Gasteiger partial charge in [-0.1, -0.05) is 23.2 Å². The second-order valence-corrected chi connectivity index (χ2v) is 9.19. The van der Waals surface area contributed by atoms with Crippen LogP contribution in [0.15, 0.2) is 48.8 Å². The average Bonchev–Trinajstić information content (AvgIpc) is 3.42. The number of carbonyl (C=O) groups excluding carboxylic acids is 1. The lowest BCUT2D eigenvalue weighted by Crippen LogP contribution is -2.12. The maximum absolute atomic E-state index is 13.2. The zero-order valence-corrected chi connectivity index (χ0v) is 22.3. The lowest BCUT2D eigenvalue weighted by molar-refractivity contribution is 0.0693. The van der Waals surface area contributed by atoms with E-state index in [1.165, 1.54) is 26.6 Å². The summed E-state index contributed by atoms with van der Waals surface area (Å²) in [5.74, 6) is 1.65. The van der Waals surface area contributed by atoms with Gasteiger partial charge in [-0.15, -0.1) is 0 Å². The van der Waals surface area contributed by atoms with Gasteiger partial charge in [0.15, 0.2) is 23.0 Å². The normalized spacial score (nSPS) is 13.8. The molecule has 1 aliphatic rings. The van der Waals surface area contributed by atoms with Gasteiger partial charge in [-0.2, -0.15) is 0 Å². The summed E-state index contributed by atoms with van der Waals surface area (Å²) in [4.78, 5) is 17.2. The molecule has 0 bridgehead atoms. The first-order chi connectivity index (χ1) is 17.9. The summed E-state index contributed by atoms with van der Waals surface area (Å²) in [6.45, 7) is 0. The molecule has 1 heterocycles. The van der Waals surface area contributed by atoms with Crippen LogP contribution >= 0.6 is 23.2 Å². The Labute approximate surface area is 225 Å². The van der Waals surface area contributed by atoms with Gasteiger partial charge in [0.1, 0.15) is 5.76 Å². The Morgan fingerprint density at radius 2 is 1.41 bits per heavy atom. The van der Waals surface area contributed by atoms with E-state index < -0.39 is 5.97 Å². The predicted octanol–water partition coefficient (Wildman–Crippen LogP) is 7.09. The first kappa shape index (κ1) is 26.6. The molecule has 0 saturated heterocycles. The summed E-state index contributed by atoms with van der Waals surface area (Å²) in [5, 5.41) is 0.617. The summed E-state index contributed by atoms with van der Waals surface area (Å²) in [7, 11) is 4.60. The summed E-state index contributed by atoms with van der Waals surface area (Å²) >= 11 is 12.7. The number of pyridine rings is 1. The maximum Gasteiger partial charge on any atom is 0.343 e. The van der Waals surface area contributed by atoms with Crippen molar-refractivity contribution < 1.29 is 28.5 Å². The third-order valence-electron chi connectivity index (χ3n) is 6.03. The summed E-state index contributed by atoms with van der Waals surface area (Å²) in [6, 6.07) is 10.1. The Kier molecular flexibility index (Phi) is 8.79. The van der Waals surface area contributed by atoms with E-state index in [4.69, 9.17) is 46.9 Å². The van der Waals surface area contributed by atoms with Gasteiger partial charge in [-0.25, -0.2) is 4.79 Å². The van der Waals surface area contributed by atoms with Crippen molar-refractivity contribution in [3.05, 3.63) is 75.5 Å². The molecular weight excluding hydrogens is 517 g/mol. The highest BCUT2D eigenvalue weighted by atomic mass is 35.5. The number of esters is 1. The van der Waals surface area contributed by atoms with Gasteiger partial charge in [-0.05, 0) is 68.2 Å². The Morgan fingerprint density at radius 1 is 0.838 bits per heavy atom. The van der Waals surface area contributed by atoms with Crippen LogP contribution in [0.3, 0.4) is 0 Å². The van der Waals surface area contributed by atoms with Crippen molar-refractivity contribution in [1.82, 2.24) is 4.98 Å². The third-order valence-corrected chi connectivity index (χ3v) is 6.63. The van der Waals surface area contributed by atoms with Crippen molar-refractivity contribution in [3.63, 3.8) is 0 Å². The van der Waals surface area contributed by atoms with Crippen LogP contribution in [0, 0.1) is 0 Å². The van der Waals surface area contributed by atoms with Crippen LogP contribution in [-0.4, -0.2) is 38.4 Å². The molecule has 1 aliphatic carbocycles. The number of ether oxygens (including phenoxy) is 5. The number of rotatable bonds is 9. The highest BCUT2D eigenvalue weighted by molar-refractivity contribution is 6.37. The van der Waals surface area contributed by atoms with Crippen molar-refractivity contribution in [2.75, 3.05) is 21.3 Å². The van der Waals surface area contributed by atoms with Crippen molar-refractivity contribution >= 4 is 41.0 Å². The largest absolute Gasteiger partial charge is 0.493 e. The molecule has 0 spiro atoms. The van der Waals surface area contributed by atoms with E-state index >= 15 is 0 Å². The molecule has 3 aromatic rings. The second-order valence-electron chi connectivity index (χ2n) is 8.37. The number of aromatic nitrogens is 1. The number of nitrogens with zero attached hydrogens (tertiary/aromatic N) is 1. The molecule has 4 rings (SSSR count). The Bertz CT molecular complexity index is 1280. The molecule has 1 fully saturated rings. The molecule has 1 saturated carbocycles. The molecule has 0 amide bonds. The molecule has 9 heteroatoms. The highest BCUT2D eigenvalue weighted by Crippen LogP contribution is 2.37. The zero-order valence-electron chi connectivity index (χ0n) is 20.8. The van der Waals surface area contributed by atoms with Crippen LogP contribution in [0.5, 0.6) is 23.0 Å². The lowest BCUT2D eigenvalue weighted by atomic mass is 10.1. The minimum atomic E-state index is -0.609. The van der Waals surface area contributed by atoms with Crippen LogP contribution in [0.1, 0.15) is 47.2 Å². The van der Waals surface area contributed by atoms with Gasteiger partial charge in [0, 0.05) is 23.5 Å². The van der Waals surface area contributed by atoms with Crippen LogP contribution in [0.2, 0.25) is 10.0 Å². The number of hydrogen-bond donors (Lipinski definition) is 0. The number of carbonyl (C=O) groups is 1. The molecule has 0 aliphatic heterocycles. The molecule has 0 unspecified atom stereocenters. The van der Waals surface area contributed by atoms with Gasteiger partial charge in [0.25, 0.3) is 0 Å². The quantitative estimate of drug-likeness (QED) is 0.210. The molecule has 37 heavy (non-hydrogen) atoms. The Hall–Kier alpha value is -3.42. The lowest BCUT2D eigenvalue weighted by Gasteiger charge is -2.18. The smallest absolute Gasteiger partial charge is 0.343 e. The molecular formula is C28H27Cl2NO6. The van der Waals surface area contributed by atoms with Crippen LogP contribution in [-0.2, 0) is 4.74 Å². The van der Waals surface area contributed by atoms with Crippen LogP contribution in [0.4, 0.5) is 0 Å². The van der Waals surface area contributed by atoms with E-state index in [2.05, 4.69) is 4.98 Å². The predicted molar refractivity (Wildman–Crippen MR) is 143 cm³/mol. The van der Waals surface area contributed by atoms with Crippen LogP contribution < -0.4 is 18.9 Å². The average molecular weight is 544 g/mol. The molecule has 0 atom stereocenters. The minimum Gasteiger partial charge on any atom is -0.493 e. The Morgan fingerprint density at radius 3 is 2.03 bits per heavy atom. The minimum absolute atomic E-state index is 0.106. The van der Waals surface area contributed by atoms with E-state index in [-0.39, 0.29) is 17.4 Å².